The third-order valence-electron chi connectivity index (χ3n) is 3.83. The molecule has 2 aromatic heterocycles. The second-order valence-corrected chi connectivity index (χ2v) is 7.67. The second-order valence-electron chi connectivity index (χ2n) is 7.26. The lowest BCUT2D eigenvalue weighted by atomic mass is 10.1. The molecule has 2 heterocycles. The molecule has 0 spiro atoms. The first-order valence-electron chi connectivity index (χ1n) is 8.42. The van der Waals surface area contributed by atoms with Gasteiger partial charge in [-0.15, -0.1) is 0 Å². The molecule has 3 N–H and O–H groups in total. The highest BCUT2D eigenvalue weighted by molar-refractivity contribution is 6.35. The summed E-state index contributed by atoms with van der Waals surface area (Å²) in [5.41, 5.74) is 0.946. The molecule has 7 heteroatoms. The number of nitrogens with one attached hydrogen (secondary N) is 3. The molecule has 3 aromatic rings. The minimum atomic E-state index is -0.271. The van der Waals surface area contributed by atoms with Crippen molar-refractivity contribution in [1.82, 2.24) is 15.0 Å². The Morgan fingerprint density at radius 3 is 2.73 bits per heavy atom. The monoisotopic (exact) mass is 371 g/mol. The summed E-state index contributed by atoms with van der Waals surface area (Å²) in [6, 6.07) is 8.91. The van der Waals surface area contributed by atoms with Crippen molar-refractivity contribution < 1.29 is 0 Å². The van der Waals surface area contributed by atoms with E-state index in [2.05, 4.69) is 46.4 Å². The summed E-state index contributed by atoms with van der Waals surface area (Å²) in [5.74, 6) is 1.18. The molecule has 1 aromatic carbocycles. The molecule has 0 aliphatic heterocycles. The molecule has 26 heavy (non-hydrogen) atoms. The molecular weight excluding hydrogens is 350 g/mol. The van der Waals surface area contributed by atoms with E-state index >= 15 is 0 Å². The number of hydrogen-bond donors (Lipinski definition) is 3. The Morgan fingerprint density at radius 2 is 2.00 bits per heavy atom. The van der Waals surface area contributed by atoms with Gasteiger partial charge in [-0.25, -0.2) is 4.98 Å². The Labute approximate surface area is 157 Å². The average Bonchev–Trinajstić information content (AvgIpc) is 2.54. The first-order chi connectivity index (χ1) is 12.2. The van der Waals surface area contributed by atoms with Crippen LogP contribution in [0.15, 0.2) is 41.3 Å². The van der Waals surface area contributed by atoms with Crippen molar-refractivity contribution in [2.24, 2.45) is 0 Å². The maximum Gasteiger partial charge on any atom is 0.253 e. The van der Waals surface area contributed by atoms with E-state index in [1.807, 2.05) is 31.2 Å². The van der Waals surface area contributed by atoms with E-state index in [0.29, 0.717) is 22.1 Å². The van der Waals surface area contributed by atoms with Gasteiger partial charge in [-0.1, -0.05) is 23.7 Å². The number of halogens is 1. The summed E-state index contributed by atoms with van der Waals surface area (Å²) in [6.45, 7) is 8.08. The van der Waals surface area contributed by atoms with Gasteiger partial charge in [0.25, 0.3) is 5.56 Å². The van der Waals surface area contributed by atoms with Crippen molar-refractivity contribution in [3.8, 4) is 0 Å². The summed E-state index contributed by atoms with van der Waals surface area (Å²) in [5, 5.41) is 7.90. The molecule has 0 amide bonds. The highest BCUT2D eigenvalue weighted by Crippen LogP contribution is 2.23. The van der Waals surface area contributed by atoms with Gasteiger partial charge in [-0.05, 0) is 45.9 Å². The van der Waals surface area contributed by atoms with Crippen LogP contribution in [0.5, 0.6) is 0 Å². The number of fused-ring (bicyclic) bond motifs is 1. The Kier molecular flexibility index (Phi) is 4.87. The van der Waals surface area contributed by atoms with Crippen LogP contribution >= 0.6 is 11.6 Å². The minimum Gasteiger partial charge on any atom is -0.365 e. The molecule has 0 aliphatic rings. The molecule has 0 bridgehead atoms. The maximum absolute atomic E-state index is 12.5. The van der Waals surface area contributed by atoms with Crippen LogP contribution in [0.4, 0.5) is 11.8 Å². The Bertz CT molecular complexity index is 993. The number of hydrogen-bond acceptors (Lipinski definition) is 5. The summed E-state index contributed by atoms with van der Waals surface area (Å²) in [6.07, 6.45) is 1.68. The van der Waals surface area contributed by atoms with Crippen molar-refractivity contribution in [2.75, 3.05) is 10.6 Å². The zero-order valence-electron chi connectivity index (χ0n) is 15.2. The van der Waals surface area contributed by atoms with E-state index in [4.69, 9.17) is 11.6 Å². The maximum atomic E-state index is 12.5. The number of aromatic amines is 1. The molecular formula is C19H22ClN5O. The van der Waals surface area contributed by atoms with Crippen molar-refractivity contribution in [3.05, 3.63) is 57.5 Å². The molecule has 1 atom stereocenters. The van der Waals surface area contributed by atoms with Gasteiger partial charge >= 0.3 is 0 Å². The molecule has 6 nitrogen and oxygen atoms in total. The first kappa shape index (κ1) is 18.2. The lowest BCUT2D eigenvalue weighted by Crippen LogP contribution is -2.27. The molecule has 0 saturated heterocycles. The van der Waals surface area contributed by atoms with Crippen LogP contribution in [0.3, 0.4) is 0 Å². The van der Waals surface area contributed by atoms with E-state index in [0.717, 1.165) is 11.2 Å². The van der Waals surface area contributed by atoms with E-state index in [1.54, 1.807) is 12.3 Å². The topological polar surface area (TPSA) is 82.7 Å². The fourth-order valence-electron chi connectivity index (χ4n) is 2.69. The minimum absolute atomic E-state index is 0.105. The van der Waals surface area contributed by atoms with Gasteiger partial charge in [0.1, 0.15) is 5.82 Å². The molecule has 0 aliphatic carbocycles. The molecule has 0 saturated carbocycles. The number of pyridine rings is 1. The van der Waals surface area contributed by atoms with Crippen LogP contribution in [-0.2, 0) is 0 Å². The number of para-hydroxylation sites is 1. The summed E-state index contributed by atoms with van der Waals surface area (Å²) in [7, 11) is 0. The summed E-state index contributed by atoms with van der Waals surface area (Å²) < 4.78 is 0. The Hall–Kier alpha value is -2.60. The van der Waals surface area contributed by atoms with Crippen LogP contribution in [0.1, 0.15) is 39.3 Å². The van der Waals surface area contributed by atoms with Gasteiger partial charge in [-0.3, -0.25) is 4.79 Å². The Balaban J connectivity index is 1.88. The zero-order chi connectivity index (χ0) is 18.9. The lowest BCUT2D eigenvalue weighted by Gasteiger charge is -2.21. The largest absolute Gasteiger partial charge is 0.365 e. The standard InChI is InChI=1S/C19H22ClN5O/c1-11(22-18-21-9-8-15(23-18)25-19(2,3)4)13-10-12-6-5-7-14(20)16(12)24-17(13)26/h5-11H,1-4H3,(H,24,26)(H2,21,22,23,25)/t11-/m0/s1. The smallest absolute Gasteiger partial charge is 0.253 e. The van der Waals surface area contributed by atoms with Gasteiger partial charge < -0.3 is 15.6 Å². The zero-order valence-corrected chi connectivity index (χ0v) is 16.0. The van der Waals surface area contributed by atoms with Crippen LogP contribution in [0, 0.1) is 0 Å². The van der Waals surface area contributed by atoms with Crippen LogP contribution in [0.2, 0.25) is 5.02 Å². The predicted octanol–water partition coefficient (Wildman–Crippen LogP) is 4.36. The van der Waals surface area contributed by atoms with Gasteiger partial charge in [0, 0.05) is 22.7 Å². The quantitative estimate of drug-likeness (QED) is 0.634. The van der Waals surface area contributed by atoms with E-state index in [9.17, 15) is 4.79 Å². The first-order valence-corrected chi connectivity index (χ1v) is 8.80. The van der Waals surface area contributed by atoms with Crippen molar-refractivity contribution >= 4 is 34.3 Å². The van der Waals surface area contributed by atoms with Crippen molar-refractivity contribution in [1.29, 1.82) is 0 Å². The normalized spacial score (nSPS) is 12.8. The summed E-state index contributed by atoms with van der Waals surface area (Å²) in [4.78, 5) is 24.0. The van der Waals surface area contributed by atoms with Gasteiger partial charge in [0.05, 0.1) is 16.6 Å². The number of aromatic nitrogens is 3. The highest BCUT2D eigenvalue weighted by atomic mass is 35.5. The number of rotatable bonds is 4. The van der Waals surface area contributed by atoms with Gasteiger partial charge in [-0.2, -0.15) is 4.98 Å². The Morgan fingerprint density at radius 1 is 1.23 bits per heavy atom. The third-order valence-corrected chi connectivity index (χ3v) is 4.14. The SMILES string of the molecule is C[C@H](Nc1nccc(NC(C)(C)C)n1)c1cc2cccc(Cl)c2[nH]c1=O. The molecule has 3 rings (SSSR count). The van der Waals surface area contributed by atoms with Crippen LogP contribution in [0.25, 0.3) is 10.9 Å². The van der Waals surface area contributed by atoms with E-state index in [-0.39, 0.29) is 17.1 Å². The fourth-order valence-corrected chi connectivity index (χ4v) is 2.92. The number of nitrogens with zero attached hydrogens (tertiary/aromatic N) is 2. The molecule has 0 radical (unpaired) electrons. The summed E-state index contributed by atoms with van der Waals surface area (Å²) >= 11 is 6.15. The molecule has 136 valence electrons. The fraction of sp³-hybridized carbons (Fsp3) is 0.316. The van der Waals surface area contributed by atoms with Crippen LogP contribution in [-0.4, -0.2) is 20.5 Å². The predicted molar refractivity (Wildman–Crippen MR) is 107 cm³/mol. The number of anilines is 2. The van der Waals surface area contributed by atoms with Gasteiger partial charge in [0.2, 0.25) is 5.95 Å². The van der Waals surface area contributed by atoms with Crippen molar-refractivity contribution in [3.63, 3.8) is 0 Å². The molecule has 0 unspecified atom stereocenters. The lowest BCUT2D eigenvalue weighted by molar-refractivity contribution is 0.630. The van der Waals surface area contributed by atoms with Crippen LogP contribution < -0.4 is 16.2 Å². The van der Waals surface area contributed by atoms with E-state index in [1.165, 1.54) is 0 Å². The van der Waals surface area contributed by atoms with E-state index < -0.39 is 0 Å². The highest BCUT2D eigenvalue weighted by Gasteiger charge is 2.15. The van der Waals surface area contributed by atoms with Gasteiger partial charge in [0.15, 0.2) is 0 Å². The van der Waals surface area contributed by atoms with Crippen molar-refractivity contribution in [2.45, 2.75) is 39.3 Å². The second kappa shape index (κ2) is 6.96. The average molecular weight is 372 g/mol. The number of H-pyrrole nitrogens is 1. The molecule has 0 fully saturated rings. The number of benzene rings is 1. The third kappa shape index (κ3) is 4.14.